The molecule has 220 valence electrons. The molecule has 2 aliphatic carbocycles. The van der Waals surface area contributed by atoms with Crippen molar-refractivity contribution in [3.05, 3.63) is 24.3 Å². The molecule has 4 aliphatic rings. The zero-order valence-electron chi connectivity index (χ0n) is 24.0. The number of hydrogen-bond donors (Lipinski definition) is 1. The summed E-state index contributed by atoms with van der Waals surface area (Å²) in [4.78, 5) is 24.4. The topological polar surface area (TPSA) is 91.3 Å². The maximum atomic E-state index is 13.2. The molecule has 2 aliphatic heterocycles. The summed E-state index contributed by atoms with van der Waals surface area (Å²) >= 11 is 0. The zero-order chi connectivity index (χ0) is 27.6. The number of ketones is 1. The first-order chi connectivity index (χ1) is 19.0. The van der Waals surface area contributed by atoms with Gasteiger partial charge in [-0.15, -0.1) is 0 Å². The van der Waals surface area contributed by atoms with Crippen LogP contribution >= 0.6 is 0 Å². The van der Waals surface area contributed by atoms with E-state index in [4.69, 9.17) is 24.1 Å². The molecule has 0 amide bonds. The van der Waals surface area contributed by atoms with Crippen LogP contribution < -0.4 is 0 Å². The number of unbranched alkanes of at least 4 members (excludes halogenated alkanes) is 1. The van der Waals surface area contributed by atoms with Crippen molar-refractivity contribution in [2.75, 3.05) is 13.2 Å². The van der Waals surface area contributed by atoms with E-state index >= 15 is 0 Å². The summed E-state index contributed by atoms with van der Waals surface area (Å²) < 4.78 is 24.7. The predicted octanol–water partition coefficient (Wildman–Crippen LogP) is 6.45. The van der Waals surface area contributed by atoms with Gasteiger partial charge in [-0.05, 0) is 76.0 Å². The van der Waals surface area contributed by atoms with Crippen LogP contribution in [0.4, 0.5) is 0 Å². The Hall–Kier alpha value is -1.54. The molecule has 2 saturated carbocycles. The van der Waals surface area contributed by atoms with Gasteiger partial charge in [-0.25, -0.2) is 0 Å². The standard InChI is InChI=1S/C32H50O7/c1-3-4-11-22(2)28(38-30-14-7-9-18-36-30)17-16-25-24(13-6-5-12-23-20-26(23)32(34)35)27(33)21-29(25)39-31-15-8-10-19-37-31/h5-6,16-17,22-26,28-31H,3-4,7-15,18-21H2,1-2H3,(H,34,35)/b6-5-,17-16+/t22-,23-,24-,25-,26-,28-,29-,30?,31?/m1/s1. The fourth-order valence-electron chi connectivity index (χ4n) is 6.27. The van der Waals surface area contributed by atoms with Crippen LogP contribution in [-0.2, 0) is 28.5 Å². The van der Waals surface area contributed by atoms with Crippen molar-refractivity contribution in [1.82, 2.24) is 0 Å². The van der Waals surface area contributed by atoms with Crippen LogP contribution in [-0.4, -0.2) is 54.9 Å². The van der Waals surface area contributed by atoms with E-state index in [0.717, 1.165) is 77.2 Å². The van der Waals surface area contributed by atoms with Gasteiger partial charge in [0.25, 0.3) is 0 Å². The number of carboxylic acids is 1. The monoisotopic (exact) mass is 546 g/mol. The Kier molecular flexibility index (Phi) is 12.1. The van der Waals surface area contributed by atoms with E-state index in [-0.39, 0.29) is 54.2 Å². The lowest BCUT2D eigenvalue weighted by Gasteiger charge is -2.31. The molecule has 0 bridgehead atoms. The second-order valence-corrected chi connectivity index (χ2v) is 12.1. The maximum Gasteiger partial charge on any atom is 0.306 e. The normalized spacial score (nSPS) is 35.0. The van der Waals surface area contributed by atoms with Gasteiger partial charge >= 0.3 is 5.97 Å². The van der Waals surface area contributed by atoms with Crippen molar-refractivity contribution in [2.45, 2.75) is 122 Å². The van der Waals surface area contributed by atoms with Gasteiger partial charge in [0.05, 0.1) is 18.1 Å². The third-order valence-corrected chi connectivity index (χ3v) is 8.95. The number of rotatable bonds is 15. The number of ether oxygens (including phenoxy) is 4. The fourth-order valence-corrected chi connectivity index (χ4v) is 6.27. The second-order valence-electron chi connectivity index (χ2n) is 12.1. The van der Waals surface area contributed by atoms with Gasteiger partial charge in [-0.3, -0.25) is 9.59 Å². The lowest BCUT2D eigenvalue weighted by Crippen LogP contribution is -2.32. The summed E-state index contributed by atoms with van der Waals surface area (Å²) in [6, 6.07) is 0. The Morgan fingerprint density at radius 2 is 1.79 bits per heavy atom. The van der Waals surface area contributed by atoms with Crippen LogP contribution in [0.1, 0.15) is 97.3 Å². The van der Waals surface area contributed by atoms with Gasteiger partial charge in [0.2, 0.25) is 0 Å². The van der Waals surface area contributed by atoms with Gasteiger partial charge in [-0.1, -0.05) is 51.0 Å². The molecule has 39 heavy (non-hydrogen) atoms. The minimum atomic E-state index is -0.696. The minimum absolute atomic E-state index is 0.0443. The second kappa shape index (κ2) is 15.5. The summed E-state index contributed by atoms with van der Waals surface area (Å²) in [6.45, 7) is 5.93. The quantitative estimate of drug-likeness (QED) is 0.236. The average Bonchev–Trinajstić information content (AvgIpc) is 3.67. The molecule has 0 aromatic carbocycles. The highest BCUT2D eigenvalue weighted by molar-refractivity contribution is 5.85. The summed E-state index contributed by atoms with van der Waals surface area (Å²) in [5, 5.41) is 9.16. The molecule has 9 atom stereocenters. The fraction of sp³-hybridized carbons (Fsp3) is 0.812. The van der Waals surface area contributed by atoms with Gasteiger partial charge < -0.3 is 24.1 Å². The highest BCUT2D eigenvalue weighted by Crippen LogP contribution is 2.42. The average molecular weight is 547 g/mol. The van der Waals surface area contributed by atoms with Gasteiger partial charge in [0, 0.05) is 31.5 Å². The largest absolute Gasteiger partial charge is 0.481 e. The van der Waals surface area contributed by atoms with Gasteiger partial charge in [0.15, 0.2) is 12.6 Å². The molecule has 0 radical (unpaired) electrons. The van der Waals surface area contributed by atoms with E-state index in [1.54, 1.807) is 0 Å². The molecule has 7 nitrogen and oxygen atoms in total. The number of hydrogen-bond acceptors (Lipinski definition) is 6. The molecule has 0 spiro atoms. The first kappa shape index (κ1) is 30.4. The molecule has 4 rings (SSSR count). The van der Waals surface area contributed by atoms with E-state index in [0.29, 0.717) is 25.4 Å². The smallest absolute Gasteiger partial charge is 0.306 e. The van der Waals surface area contributed by atoms with Crippen LogP contribution in [0.2, 0.25) is 0 Å². The highest BCUT2D eigenvalue weighted by atomic mass is 16.7. The molecule has 0 aromatic rings. The van der Waals surface area contributed by atoms with Crippen LogP contribution in [0.15, 0.2) is 24.3 Å². The number of Topliss-reactive ketones (excluding diaryl/α,β-unsaturated/α-hetero) is 1. The Balaban J connectivity index is 1.44. The third-order valence-electron chi connectivity index (χ3n) is 8.95. The maximum absolute atomic E-state index is 13.2. The van der Waals surface area contributed by atoms with Crippen molar-refractivity contribution < 1.29 is 33.6 Å². The SMILES string of the molecule is CCCC[C@@H](C)[C@@H](/C=C/[C@H]1[C@H](OC2CCCCO2)CC(=O)[C@@H]1C/C=C\C[C@@H]1C[C@H]1C(=O)O)OC1CCCCO1. The molecule has 0 aromatic heterocycles. The lowest BCUT2D eigenvalue weighted by molar-refractivity contribution is -0.193. The Labute approximate surface area is 234 Å². The van der Waals surface area contributed by atoms with E-state index in [9.17, 15) is 9.59 Å². The molecular formula is C32H50O7. The van der Waals surface area contributed by atoms with E-state index in [2.05, 4.69) is 38.2 Å². The Bertz CT molecular complexity index is 826. The zero-order valence-corrected chi connectivity index (χ0v) is 24.0. The Morgan fingerprint density at radius 3 is 2.44 bits per heavy atom. The van der Waals surface area contributed by atoms with Crippen molar-refractivity contribution >= 4 is 11.8 Å². The first-order valence-corrected chi connectivity index (χ1v) is 15.6. The summed E-state index contributed by atoms with van der Waals surface area (Å²) in [7, 11) is 0. The highest BCUT2D eigenvalue weighted by Gasteiger charge is 2.43. The molecule has 7 heteroatoms. The van der Waals surface area contributed by atoms with Crippen molar-refractivity contribution in [2.24, 2.45) is 29.6 Å². The number of carbonyl (C=O) groups is 2. The van der Waals surface area contributed by atoms with Crippen LogP contribution in [0, 0.1) is 29.6 Å². The molecule has 2 saturated heterocycles. The molecule has 2 heterocycles. The van der Waals surface area contributed by atoms with Crippen molar-refractivity contribution in [3.8, 4) is 0 Å². The third kappa shape index (κ3) is 9.24. The summed E-state index contributed by atoms with van der Waals surface area (Å²) in [5.41, 5.74) is 0. The number of carbonyl (C=O) groups excluding carboxylic acids is 1. The summed E-state index contributed by atoms with van der Waals surface area (Å²) in [5.74, 6) is -0.279. The van der Waals surface area contributed by atoms with E-state index < -0.39 is 5.97 Å². The van der Waals surface area contributed by atoms with E-state index in [1.807, 2.05) is 0 Å². The van der Waals surface area contributed by atoms with Crippen LogP contribution in [0.5, 0.6) is 0 Å². The van der Waals surface area contributed by atoms with Crippen LogP contribution in [0.3, 0.4) is 0 Å². The first-order valence-electron chi connectivity index (χ1n) is 15.6. The summed E-state index contributed by atoms with van der Waals surface area (Å²) in [6.07, 6.45) is 20.0. The minimum Gasteiger partial charge on any atom is -0.481 e. The molecule has 2 unspecified atom stereocenters. The number of aliphatic carboxylic acids is 1. The molecule has 4 fully saturated rings. The van der Waals surface area contributed by atoms with Crippen molar-refractivity contribution in [3.63, 3.8) is 0 Å². The van der Waals surface area contributed by atoms with Crippen molar-refractivity contribution in [1.29, 1.82) is 0 Å². The molecule has 1 N–H and O–H groups in total. The predicted molar refractivity (Wildman–Crippen MR) is 149 cm³/mol. The number of allylic oxidation sites excluding steroid dienone is 2. The van der Waals surface area contributed by atoms with Gasteiger partial charge in [0.1, 0.15) is 5.78 Å². The van der Waals surface area contributed by atoms with Gasteiger partial charge in [-0.2, -0.15) is 0 Å². The lowest BCUT2D eigenvalue weighted by atomic mass is 9.89. The van der Waals surface area contributed by atoms with E-state index in [1.165, 1.54) is 0 Å². The number of carboxylic acid groups (broad SMARTS) is 1. The Morgan fingerprint density at radius 1 is 1.08 bits per heavy atom. The molecular weight excluding hydrogens is 496 g/mol. The van der Waals surface area contributed by atoms with Crippen LogP contribution in [0.25, 0.3) is 0 Å².